The fourth-order valence-corrected chi connectivity index (χ4v) is 6.31. The van der Waals surface area contributed by atoms with E-state index >= 15 is 0 Å². The Morgan fingerprint density at radius 2 is 1.91 bits per heavy atom. The molecule has 0 saturated carbocycles. The van der Waals surface area contributed by atoms with E-state index in [0.717, 1.165) is 17.2 Å². The first-order valence-electron chi connectivity index (χ1n) is 12.0. The molecule has 3 amide bonds. The van der Waals surface area contributed by atoms with Crippen LogP contribution >= 0.6 is 0 Å². The molecule has 3 aliphatic heterocycles. The van der Waals surface area contributed by atoms with Gasteiger partial charge in [-0.3, -0.25) is 14.4 Å². The number of β-amino-alcohol motifs (C(OH)–C–C–N with tert-alkyl or cyclic N) is 1. The summed E-state index contributed by atoms with van der Waals surface area (Å²) >= 11 is 0. The molecule has 3 N–H and O–H groups in total. The third-order valence-corrected chi connectivity index (χ3v) is 7.71. The van der Waals surface area contributed by atoms with Gasteiger partial charge in [-0.2, -0.15) is 0 Å². The second kappa shape index (κ2) is 8.36. The maximum Gasteiger partial charge on any atom is 0.250 e. The van der Waals surface area contributed by atoms with Crippen LogP contribution in [0.4, 0.5) is 5.69 Å². The van der Waals surface area contributed by atoms with Gasteiger partial charge in [-0.1, -0.05) is 37.3 Å². The van der Waals surface area contributed by atoms with Crippen LogP contribution in [-0.4, -0.2) is 64.7 Å². The van der Waals surface area contributed by atoms with Crippen LogP contribution in [0.1, 0.15) is 33.1 Å². The lowest BCUT2D eigenvalue weighted by Crippen LogP contribution is -2.53. The van der Waals surface area contributed by atoms with Crippen molar-refractivity contribution in [2.75, 3.05) is 25.0 Å². The topological polar surface area (TPSA) is 108 Å². The van der Waals surface area contributed by atoms with Gasteiger partial charge < -0.3 is 25.4 Å². The molecule has 2 aromatic rings. The number of fused-ring (bicyclic) bond motifs is 2. The van der Waals surface area contributed by atoms with Crippen LogP contribution in [-0.2, 0) is 19.1 Å². The van der Waals surface area contributed by atoms with Crippen LogP contribution in [0.15, 0.2) is 42.5 Å². The smallest absolute Gasteiger partial charge is 0.250 e. The quantitative estimate of drug-likeness (QED) is 0.580. The Balaban J connectivity index is 1.49. The van der Waals surface area contributed by atoms with Gasteiger partial charge >= 0.3 is 0 Å². The minimum atomic E-state index is -1.09. The predicted molar refractivity (Wildman–Crippen MR) is 127 cm³/mol. The Kier molecular flexibility index (Phi) is 5.61. The number of aliphatic hydroxyl groups excluding tert-OH is 1. The summed E-state index contributed by atoms with van der Waals surface area (Å²) in [6.45, 7) is 4.09. The van der Waals surface area contributed by atoms with Crippen LogP contribution in [0.2, 0.25) is 0 Å². The van der Waals surface area contributed by atoms with E-state index in [9.17, 15) is 19.5 Å². The number of rotatable bonds is 7. The number of amides is 3. The summed E-state index contributed by atoms with van der Waals surface area (Å²) in [4.78, 5) is 41.8. The maximum absolute atomic E-state index is 13.7. The zero-order valence-corrected chi connectivity index (χ0v) is 19.5. The van der Waals surface area contributed by atoms with Crippen LogP contribution in [0.3, 0.4) is 0 Å². The Labute approximate surface area is 198 Å². The van der Waals surface area contributed by atoms with Crippen molar-refractivity contribution in [2.24, 2.45) is 11.8 Å². The lowest BCUT2D eigenvalue weighted by molar-refractivity contribution is -0.145. The van der Waals surface area contributed by atoms with Gasteiger partial charge in [0.15, 0.2) is 0 Å². The summed E-state index contributed by atoms with van der Waals surface area (Å²) in [5.41, 5.74) is -1.27. The van der Waals surface area contributed by atoms with E-state index in [2.05, 4.69) is 10.6 Å². The van der Waals surface area contributed by atoms with Crippen molar-refractivity contribution in [1.82, 2.24) is 10.2 Å². The van der Waals surface area contributed by atoms with Crippen molar-refractivity contribution >= 4 is 34.2 Å². The van der Waals surface area contributed by atoms with Crippen LogP contribution < -0.4 is 10.6 Å². The van der Waals surface area contributed by atoms with Crippen molar-refractivity contribution in [3.8, 4) is 0 Å². The third-order valence-electron chi connectivity index (χ3n) is 7.71. The van der Waals surface area contributed by atoms with E-state index in [0.29, 0.717) is 25.1 Å². The molecular formula is C26H31N3O5. The van der Waals surface area contributed by atoms with Gasteiger partial charge in [0.25, 0.3) is 0 Å². The van der Waals surface area contributed by atoms with Gasteiger partial charge in [0, 0.05) is 18.8 Å². The Morgan fingerprint density at radius 3 is 2.65 bits per heavy atom. The number of ether oxygens (including phenoxy) is 1. The van der Waals surface area contributed by atoms with E-state index < -0.39 is 29.1 Å². The molecule has 2 unspecified atom stereocenters. The Bertz CT molecular complexity index is 1150. The second-order valence-electron chi connectivity index (χ2n) is 9.83. The largest absolute Gasteiger partial charge is 0.395 e. The van der Waals surface area contributed by atoms with Gasteiger partial charge in [-0.05, 0) is 49.1 Å². The lowest BCUT2D eigenvalue weighted by atomic mass is 9.66. The highest BCUT2D eigenvalue weighted by atomic mass is 16.5. The van der Waals surface area contributed by atoms with E-state index in [4.69, 9.17) is 4.74 Å². The second-order valence-corrected chi connectivity index (χ2v) is 9.83. The summed E-state index contributed by atoms with van der Waals surface area (Å²) in [5, 5.41) is 17.6. The van der Waals surface area contributed by atoms with Crippen molar-refractivity contribution in [3.05, 3.63) is 42.5 Å². The summed E-state index contributed by atoms with van der Waals surface area (Å²) < 4.78 is 6.51. The number of hydrogen-bond acceptors (Lipinski definition) is 5. The molecule has 3 heterocycles. The van der Waals surface area contributed by atoms with Gasteiger partial charge in [0.05, 0.1) is 24.0 Å². The third kappa shape index (κ3) is 3.31. The van der Waals surface area contributed by atoms with Crippen molar-refractivity contribution < 1.29 is 24.2 Å². The maximum atomic E-state index is 13.7. The number of anilines is 1. The molecule has 0 aliphatic carbocycles. The molecule has 1 spiro atoms. The summed E-state index contributed by atoms with van der Waals surface area (Å²) in [6, 6.07) is 12.6. The zero-order chi connectivity index (χ0) is 24.1. The van der Waals surface area contributed by atoms with Crippen molar-refractivity contribution in [3.63, 3.8) is 0 Å². The average molecular weight is 466 g/mol. The molecule has 34 heavy (non-hydrogen) atoms. The normalized spacial score (nSPS) is 31.7. The van der Waals surface area contributed by atoms with Gasteiger partial charge in [-0.15, -0.1) is 0 Å². The fraction of sp³-hybridized carbons (Fsp3) is 0.500. The molecule has 5 atom stereocenters. The summed E-state index contributed by atoms with van der Waals surface area (Å²) in [5.74, 6) is -2.28. The molecule has 3 saturated heterocycles. The van der Waals surface area contributed by atoms with E-state index in [-0.39, 0.29) is 30.9 Å². The molecule has 5 rings (SSSR count). The molecular weight excluding hydrogens is 434 g/mol. The molecule has 3 aliphatic rings. The fourth-order valence-electron chi connectivity index (χ4n) is 6.31. The molecule has 2 bridgehead atoms. The molecule has 180 valence electrons. The number of hydrogen-bond donors (Lipinski definition) is 3. The predicted octanol–water partition coefficient (Wildman–Crippen LogP) is 2.06. The van der Waals surface area contributed by atoms with E-state index in [1.807, 2.05) is 56.3 Å². The van der Waals surface area contributed by atoms with Crippen molar-refractivity contribution in [1.29, 1.82) is 0 Å². The first kappa shape index (κ1) is 22.8. The van der Waals surface area contributed by atoms with E-state index in [1.54, 1.807) is 0 Å². The number of carbonyl (C=O) groups excluding carboxylic acids is 3. The van der Waals surface area contributed by atoms with Crippen LogP contribution in [0, 0.1) is 11.8 Å². The Hall–Kier alpha value is -2.97. The summed E-state index contributed by atoms with van der Waals surface area (Å²) in [6.07, 6.45) is 1.89. The molecule has 0 aromatic heterocycles. The zero-order valence-electron chi connectivity index (χ0n) is 19.5. The van der Waals surface area contributed by atoms with Crippen LogP contribution in [0.25, 0.3) is 10.8 Å². The summed E-state index contributed by atoms with van der Waals surface area (Å²) in [7, 11) is 0. The standard InChI is InChI=1S/C26H31N3O5/c1-3-12-27-22(31)19-20-24(33)29(13-14-30)21(26(20)11-10-25(19,2)34-26)23(32)28-18-9-8-16-6-4-5-7-17(16)15-18/h4-9,15,19-21,30H,3,10-14H2,1-2H3,(H,27,31)(H,28,32)/t19-,20+,21?,25+,26?/m1/s1. The first-order chi connectivity index (χ1) is 16.3. The molecule has 0 radical (unpaired) electrons. The van der Waals surface area contributed by atoms with Gasteiger partial charge in [0.2, 0.25) is 17.7 Å². The highest BCUT2D eigenvalue weighted by Gasteiger charge is 2.77. The number of nitrogens with zero attached hydrogens (tertiary/aromatic N) is 1. The van der Waals surface area contributed by atoms with E-state index in [1.165, 1.54) is 4.90 Å². The first-order valence-corrected chi connectivity index (χ1v) is 12.0. The number of carbonyl (C=O) groups is 3. The molecule has 2 aromatic carbocycles. The molecule has 3 fully saturated rings. The highest BCUT2D eigenvalue weighted by molar-refractivity contribution is 6.04. The minimum Gasteiger partial charge on any atom is -0.395 e. The number of aliphatic hydroxyl groups is 1. The molecule has 8 heteroatoms. The van der Waals surface area contributed by atoms with Gasteiger partial charge in [0.1, 0.15) is 11.6 Å². The number of benzene rings is 2. The average Bonchev–Trinajstić information content (AvgIpc) is 3.38. The number of nitrogens with one attached hydrogen (secondary N) is 2. The van der Waals surface area contributed by atoms with Crippen molar-refractivity contribution in [2.45, 2.75) is 50.4 Å². The number of likely N-dealkylation sites (tertiary alicyclic amines) is 1. The Morgan fingerprint density at radius 1 is 1.15 bits per heavy atom. The monoisotopic (exact) mass is 465 g/mol. The SMILES string of the molecule is CCCNC(=O)[C@H]1[C@H]2C(=O)N(CCO)C(C(=O)Nc3ccc4ccccc4c3)C23CC[C@]1(C)O3. The van der Waals surface area contributed by atoms with Gasteiger partial charge in [-0.25, -0.2) is 0 Å². The highest BCUT2D eigenvalue weighted by Crippen LogP contribution is 2.63. The lowest BCUT2D eigenvalue weighted by Gasteiger charge is -2.33. The van der Waals surface area contributed by atoms with Crippen LogP contribution in [0.5, 0.6) is 0 Å². The molecule has 8 nitrogen and oxygen atoms in total. The minimum absolute atomic E-state index is 0.0102.